The first kappa shape index (κ1) is 20.7. The summed E-state index contributed by atoms with van der Waals surface area (Å²) in [7, 11) is 1.66. The Balaban J connectivity index is 1.50. The first-order chi connectivity index (χ1) is 14.1. The van der Waals surface area contributed by atoms with Crippen LogP contribution in [0.5, 0.6) is 5.75 Å². The number of hydrogen-bond acceptors (Lipinski definition) is 4. The zero-order valence-electron chi connectivity index (χ0n) is 17.2. The fraction of sp³-hybridized carbons (Fsp3) is 0.391. The Bertz CT molecular complexity index is 800. The molecule has 0 bridgehead atoms. The van der Waals surface area contributed by atoms with Gasteiger partial charge >= 0.3 is 0 Å². The smallest absolute Gasteiger partial charge is 0.242 e. The second-order valence-corrected chi connectivity index (χ2v) is 7.24. The normalized spacial score (nSPS) is 13.9. The number of ether oxygens (including phenoxy) is 1. The largest absolute Gasteiger partial charge is 0.497 e. The lowest BCUT2D eigenvalue weighted by Crippen LogP contribution is -2.52. The number of anilines is 1. The van der Waals surface area contributed by atoms with Crippen molar-refractivity contribution in [1.82, 2.24) is 9.80 Å². The lowest BCUT2D eigenvalue weighted by Gasteiger charge is -2.37. The summed E-state index contributed by atoms with van der Waals surface area (Å²) in [6, 6.07) is 18.0. The molecule has 6 nitrogen and oxygen atoms in total. The van der Waals surface area contributed by atoms with Crippen LogP contribution in [0.2, 0.25) is 0 Å². The highest BCUT2D eigenvalue weighted by atomic mass is 16.5. The minimum absolute atomic E-state index is 0.0163. The summed E-state index contributed by atoms with van der Waals surface area (Å²) in [5.74, 6) is 0.788. The molecule has 154 valence electrons. The third-order valence-corrected chi connectivity index (χ3v) is 5.35. The van der Waals surface area contributed by atoms with Crippen molar-refractivity contribution in [1.29, 1.82) is 0 Å². The lowest BCUT2D eigenvalue weighted by atomic mass is 10.1. The zero-order chi connectivity index (χ0) is 20.6. The summed E-state index contributed by atoms with van der Waals surface area (Å²) in [6.07, 6.45) is 0.749. The molecule has 1 aliphatic rings. The molecule has 0 unspecified atom stereocenters. The molecule has 0 N–H and O–H groups in total. The van der Waals surface area contributed by atoms with E-state index in [-0.39, 0.29) is 18.4 Å². The minimum Gasteiger partial charge on any atom is -0.497 e. The molecular formula is C23H29N3O3. The van der Waals surface area contributed by atoms with Crippen LogP contribution in [-0.4, -0.2) is 68.0 Å². The average Bonchev–Trinajstić information content (AvgIpc) is 2.77. The molecule has 1 saturated heterocycles. The van der Waals surface area contributed by atoms with Crippen molar-refractivity contribution >= 4 is 17.5 Å². The Hall–Kier alpha value is -3.02. The van der Waals surface area contributed by atoms with Gasteiger partial charge in [-0.1, -0.05) is 30.3 Å². The van der Waals surface area contributed by atoms with E-state index in [4.69, 9.17) is 4.74 Å². The summed E-state index contributed by atoms with van der Waals surface area (Å²) in [6.45, 7) is 5.11. The molecule has 1 fully saturated rings. The highest BCUT2D eigenvalue weighted by Gasteiger charge is 2.23. The molecule has 6 heteroatoms. The number of nitrogens with zero attached hydrogens (tertiary/aromatic N) is 3. The zero-order valence-corrected chi connectivity index (χ0v) is 17.2. The van der Waals surface area contributed by atoms with E-state index in [0.717, 1.165) is 30.9 Å². The van der Waals surface area contributed by atoms with Crippen molar-refractivity contribution in [3.63, 3.8) is 0 Å². The van der Waals surface area contributed by atoms with Crippen LogP contribution in [0.3, 0.4) is 0 Å². The maximum Gasteiger partial charge on any atom is 0.242 e. The van der Waals surface area contributed by atoms with Crippen LogP contribution in [0, 0.1) is 0 Å². The van der Waals surface area contributed by atoms with Crippen molar-refractivity contribution in [3.8, 4) is 5.75 Å². The van der Waals surface area contributed by atoms with Crippen LogP contribution >= 0.6 is 0 Å². The van der Waals surface area contributed by atoms with Crippen LogP contribution in [0.1, 0.15) is 12.5 Å². The van der Waals surface area contributed by atoms with E-state index in [1.807, 2.05) is 59.5 Å². The van der Waals surface area contributed by atoms with Gasteiger partial charge in [0.05, 0.1) is 13.7 Å². The van der Waals surface area contributed by atoms with Gasteiger partial charge in [-0.05, 0) is 36.2 Å². The van der Waals surface area contributed by atoms with Gasteiger partial charge in [-0.2, -0.15) is 0 Å². The molecule has 0 radical (unpaired) electrons. The Labute approximate surface area is 172 Å². The minimum atomic E-state index is -0.0638. The van der Waals surface area contributed by atoms with E-state index in [1.165, 1.54) is 12.5 Å². The van der Waals surface area contributed by atoms with Gasteiger partial charge in [-0.3, -0.25) is 9.59 Å². The molecule has 0 spiro atoms. The van der Waals surface area contributed by atoms with Crippen LogP contribution in [0.25, 0.3) is 0 Å². The molecule has 0 atom stereocenters. The molecule has 0 aromatic heterocycles. The fourth-order valence-corrected chi connectivity index (χ4v) is 3.53. The van der Waals surface area contributed by atoms with Crippen LogP contribution in [-0.2, 0) is 16.0 Å². The molecule has 2 aromatic carbocycles. The number of piperazine rings is 1. The first-order valence-corrected chi connectivity index (χ1v) is 10.0. The highest BCUT2D eigenvalue weighted by molar-refractivity contribution is 5.84. The number of carbonyl (C=O) groups is 2. The average molecular weight is 396 g/mol. The van der Waals surface area contributed by atoms with E-state index in [9.17, 15) is 9.59 Å². The first-order valence-electron chi connectivity index (χ1n) is 10.0. The predicted molar refractivity (Wildman–Crippen MR) is 114 cm³/mol. The maximum absolute atomic E-state index is 12.7. The van der Waals surface area contributed by atoms with Gasteiger partial charge in [0, 0.05) is 45.3 Å². The number of benzene rings is 2. The van der Waals surface area contributed by atoms with Crippen molar-refractivity contribution in [3.05, 3.63) is 60.2 Å². The highest BCUT2D eigenvalue weighted by Crippen LogP contribution is 2.20. The summed E-state index contributed by atoms with van der Waals surface area (Å²) in [5.41, 5.74) is 2.30. The Kier molecular flexibility index (Phi) is 7.11. The third-order valence-electron chi connectivity index (χ3n) is 5.35. The number of methoxy groups -OCH3 is 1. The van der Waals surface area contributed by atoms with Crippen LogP contribution < -0.4 is 9.64 Å². The number of rotatable bonds is 7. The van der Waals surface area contributed by atoms with E-state index in [0.29, 0.717) is 19.6 Å². The van der Waals surface area contributed by atoms with Crippen molar-refractivity contribution in [2.75, 3.05) is 51.3 Å². The SMILES string of the molecule is COc1ccc(N2CCN(C(=O)CN(CCc3ccccc3)C(C)=O)CC2)cc1. The quantitative estimate of drug-likeness (QED) is 0.723. The monoisotopic (exact) mass is 395 g/mol. The topological polar surface area (TPSA) is 53.1 Å². The molecule has 1 aliphatic heterocycles. The molecule has 3 rings (SSSR count). The Morgan fingerprint density at radius 1 is 0.966 bits per heavy atom. The third kappa shape index (κ3) is 5.73. The Morgan fingerprint density at radius 2 is 1.62 bits per heavy atom. The standard InChI is InChI=1S/C23H29N3O3/c1-19(27)26(13-12-20-6-4-3-5-7-20)18-23(28)25-16-14-24(15-17-25)21-8-10-22(29-2)11-9-21/h3-11H,12-18H2,1-2H3. The van der Waals surface area contributed by atoms with Gasteiger partial charge in [0.2, 0.25) is 11.8 Å². The fourth-order valence-electron chi connectivity index (χ4n) is 3.53. The van der Waals surface area contributed by atoms with E-state index in [2.05, 4.69) is 4.90 Å². The van der Waals surface area contributed by atoms with Gasteiger partial charge in [-0.25, -0.2) is 0 Å². The van der Waals surface area contributed by atoms with Crippen LogP contribution in [0.15, 0.2) is 54.6 Å². The lowest BCUT2D eigenvalue weighted by molar-refractivity contribution is -0.139. The van der Waals surface area contributed by atoms with Crippen molar-refractivity contribution in [2.24, 2.45) is 0 Å². The van der Waals surface area contributed by atoms with Gasteiger partial charge < -0.3 is 19.4 Å². The second-order valence-electron chi connectivity index (χ2n) is 7.24. The van der Waals surface area contributed by atoms with Crippen LogP contribution in [0.4, 0.5) is 5.69 Å². The molecule has 2 amide bonds. The summed E-state index contributed by atoms with van der Waals surface area (Å²) < 4.78 is 5.21. The van der Waals surface area contributed by atoms with Crippen molar-refractivity contribution < 1.29 is 14.3 Å². The van der Waals surface area contributed by atoms with Crippen molar-refractivity contribution in [2.45, 2.75) is 13.3 Å². The molecule has 1 heterocycles. The van der Waals surface area contributed by atoms with E-state index in [1.54, 1.807) is 12.0 Å². The molecular weight excluding hydrogens is 366 g/mol. The maximum atomic E-state index is 12.7. The van der Waals surface area contributed by atoms with Gasteiger partial charge in [0.1, 0.15) is 5.75 Å². The van der Waals surface area contributed by atoms with E-state index < -0.39 is 0 Å². The summed E-state index contributed by atoms with van der Waals surface area (Å²) in [4.78, 5) is 30.5. The summed E-state index contributed by atoms with van der Waals surface area (Å²) >= 11 is 0. The second kappa shape index (κ2) is 9.96. The van der Waals surface area contributed by atoms with E-state index >= 15 is 0 Å². The number of carbonyl (C=O) groups excluding carboxylic acids is 2. The Morgan fingerprint density at radius 3 is 2.21 bits per heavy atom. The predicted octanol–water partition coefficient (Wildman–Crippen LogP) is 2.43. The van der Waals surface area contributed by atoms with Gasteiger partial charge in [-0.15, -0.1) is 0 Å². The molecule has 0 aliphatic carbocycles. The molecule has 29 heavy (non-hydrogen) atoms. The number of amides is 2. The summed E-state index contributed by atoms with van der Waals surface area (Å²) in [5, 5.41) is 0. The molecule has 0 saturated carbocycles. The number of hydrogen-bond donors (Lipinski definition) is 0. The van der Waals surface area contributed by atoms with Gasteiger partial charge in [0.25, 0.3) is 0 Å². The molecule has 2 aromatic rings. The van der Waals surface area contributed by atoms with Gasteiger partial charge in [0.15, 0.2) is 0 Å².